The molecule has 0 bridgehead atoms. The molecule has 0 aromatic rings. The van der Waals surface area contributed by atoms with Gasteiger partial charge in [0.2, 0.25) is 0 Å². The summed E-state index contributed by atoms with van der Waals surface area (Å²) in [5.41, 5.74) is 0. The smallest absolute Gasteiger partial charge is 0.0640 e. The van der Waals surface area contributed by atoms with E-state index in [2.05, 4.69) is 4.90 Å². The van der Waals surface area contributed by atoms with Crippen LogP contribution in [0.15, 0.2) is 0 Å². The summed E-state index contributed by atoms with van der Waals surface area (Å²) in [5, 5.41) is 8.87. The number of aliphatic hydroxyl groups is 1. The maximum absolute atomic E-state index is 8.87. The molecule has 0 amide bonds. The third-order valence-corrected chi connectivity index (χ3v) is 1.98. The number of methoxy groups -OCH3 is 1. The van der Waals surface area contributed by atoms with Gasteiger partial charge in [0.1, 0.15) is 0 Å². The van der Waals surface area contributed by atoms with Crippen LogP contribution < -0.4 is 0 Å². The standard InChI is InChI=1S/C7H15NO2/c1-10-6-7(5-9)8-3-2-4-8/h7,9H,2-6H2,1H3. The lowest BCUT2D eigenvalue weighted by Crippen LogP contribution is -2.48. The van der Waals surface area contributed by atoms with Gasteiger partial charge in [-0.15, -0.1) is 0 Å². The second-order valence-corrected chi connectivity index (χ2v) is 2.68. The maximum atomic E-state index is 8.87. The monoisotopic (exact) mass is 145 g/mol. The van der Waals surface area contributed by atoms with Crippen molar-refractivity contribution in [3.63, 3.8) is 0 Å². The predicted octanol–water partition coefficient (Wildman–Crippen LogP) is -0.301. The summed E-state index contributed by atoms with van der Waals surface area (Å²) in [6.45, 7) is 3.10. The van der Waals surface area contributed by atoms with Gasteiger partial charge in [-0.05, 0) is 19.5 Å². The molecule has 1 heterocycles. The number of hydrogen-bond acceptors (Lipinski definition) is 3. The molecule has 60 valence electrons. The molecule has 0 aromatic heterocycles. The Bertz CT molecular complexity index is 93.6. The van der Waals surface area contributed by atoms with Crippen LogP contribution >= 0.6 is 0 Å². The highest BCUT2D eigenvalue weighted by molar-refractivity contribution is 4.77. The fourth-order valence-corrected chi connectivity index (χ4v) is 1.17. The molecule has 1 aliphatic heterocycles. The van der Waals surface area contributed by atoms with Gasteiger partial charge >= 0.3 is 0 Å². The van der Waals surface area contributed by atoms with Gasteiger partial charge < -0.3 is 9.84 Å². The van der Waals surface area contributed by atoms with Crippen LogP contribution in [0.3, 0.4) is 0 Å². The first-order valence-corrected chi connectivity index (χ1v) is 3.72. The van der Waals surface area contributed by atoms with Gasteiger partial charge in [0.15, 0.2) is 0 Å². The van der Waals surface area contributed by atoms with Crippen LogP contribution in [0.25, 0.3) is 0 Å². The molecule has 1 rings (SSSR count). The largest absolute Gasteiger partial charge is 0.395 e. The number of likely N-dealkylation sites (tertiary alicyclic amines) is 1. The molecule has 0 aromatic carbocycles. The van der Waals surface area contributed by atoms with E-state index in [0.717, 1.165) is 13.1 Å². The van der Waals surface area contributed by atoms with E-state index in [1.807, 2.05) is 0 Å². The molecule has 0 spiro atoms. The first-order valence-electron chi connectivity index (χ1n) is 3.72. The number of aliphatic hydroxyl groups excluding tert-OH is 1. The molecule has 3 nitrogen and oxygen atoms in total. The lowest BCUT2D eigenvalue weighted by Gasteiger charge is -2.36. The van der Waals surface area contributed by atoms with Crippen molar-refractivity contribution in [2.75, 3.05) is 33.4 Å². The van der Waals surface area contributed by atoms with Crippen molar-refractivity contribution < 1.29 is 9.84 Å². The van der Waals surface area contributed by atoms with Crippen molar-refractivity contribution in [1.82, 2.24) is 4.90 Å². The van der Waals surface area contributed by atoms with Gasteiger partial charge in [-0.1, -0.05) is 0 Å². The first kappa shape index (κ1) is 7.98. The van der Waals surface area contributed by atoms with Crippen molar-refractivity contribution in [2.24, 2.45) is 0 Å². The van der Waals surface area contributed by atoms with E-state index in [1.54, 1.807) is 7.11 Å². The Labute approximate surface area is 61.6 Å². The van der Waals surface area contributed by atoms with Crippen molar-refractivity contribution in [1.29, 1.82) is 0 Å². The Morgan fingerprint density at radius 1 is 1.60 bits per heavy atom. The summed E-state index contributed by atoms with van der Waals surface area (Å²) in [6, 6.07) is 0.235. The van der Waals surface area contributed by atoms with Gasteiger partial charge in [0.25, 0.3) is 0 Å². The molecule has 3 heteroatoms. The quantitative estimate of drug-likeness (QED) is 0.589. The maximum Gasteiger partial charge on any atom is 0.0640 e. The zero-order valence-corrected chi connectivity index (χ0v) is 6.42. The van der Waals surface area contributed by atoms with Crippen LogP contribution in [0.1, 0.15) is 6.42 Å². The zero-order valence-electron chi connectivity index (χ0n) is 6.42. The summed E-state index contributed by atoms with van der Waals surface area (Å²) in [4.78, 5) is 2.24. The van der Waals surface area contributed by atoms with E-state index in [1.165, 1.54) is 6.42 Å². The highest BCUT2D eigenvalue weighted by atomic mass is 16.5. The Morgan fingerprint density at radius 3 is 2.60 bits per heavy atom. The summed E-state index contributed by atoms with van der Waals surface area (Å²) < 4.78 is 4.95. The molecule has 10 heavy (non-hydrogen) atoms. The second kappa shape index (κ2) is 3.91. The molecule has 1 fully saturated rings. The third kappa shape index (κ3) is 1.68. The van der Waals surface area contributed by atoms with Crippen LogP contribution in [0, 0.1) is 0 Å². The fraction of sp³-hybridized carbons (Fsp3) is 1.00. The van der Waals surface area contributed by atoms with Gasteiger partial charge in [0.05, 0.1) is 19.3 Å². The molecule has 1 aliphatic rings. The van der Waals surface area contributed by atoms with Crippen molar-refractivity contribution in [2.45, 2.75) is 12.5 Å². The van der Waals surface area contributed by atoms with E-state index in [9.17, 15) is 0 Å². The fourth-order valence-electron chi connectivity index (χ4n) is 1.17. The minimum atomic E-state index is 0.216. The Kier molecular flexibility index (Phi) is 3.12. The number of hydrogen-bond donors (Lipinski definition) is 1. The van der Waals surface area contributed by atoms with Gasteiger partial charge in [-0.3, -0.25) is 4.90 Å². The summed E-state index contributed by atoms with van der Waals surface area (Å²) >= 11 is 0. The molecular weight excluding hydrogens is 130 g/mol. The molecule has 1 atom stereocenters. The van der Waals surface area contributed by atoms with Gasteiger partial charge in [0, 0.05) is 7.11 Å². The Hall–Kier alpha value is -0.120. The van der Waals surface area contributed by atoms with E-state index in [0.29, 0.717) is 6.61 Å². The predicted molar refractivity (Wildman–Crippen MR) is 38.9 cm³/mol. The molecule has 1 unspecified atom stereocenters. The molecular formula is C7H15NO2. The first-order chi connectivity index (χ1) is 4.88. The SMILES string of the molecule is COCC(CO)N1CCC1. The van der Waals surface area contributed by atoms with E-state index in [-0.39, 0.29) is 12.6 Å². The van der Waals surface area contributed by atoms with Crippen LogP contribution in [0.4, 0.5) is 0 Å². The van der Waals surface area contributed by atoms with Crippen LogP contribution in [0.2, 0.25) is 0 Å². The van der Waals surface area contributed by atoms with E-state index < -0.39 is 0 Å². The average Bonchev–Trinajstić information content (AvgIpc) is 1.83. The molecule has 1 saturated heterocycles. The second-order valence-electron chi connectivity index (χ2n) is 2.68. The number of rotatable bonds is 4. The lowest BCUT2D eigenvalue weighted by molar-refractivity contribution is 0.0199. The summed E-state index contributed by atoms with van der Waals surface area (Å²) in [6.07, 6.45) is 1.26. The molecule has 1 N–H and O–H groups in total. The lowest BCUT2D eigenvalue weighted by atomic mass is 10.1. The molecule has 0 saturated carbocycles. The van der Waals surface area contributed by atoms with Crippen molar-refractivity contribution in [3.05, 3.63) is 0 Å². The number of nitrogens with zero attached hydrogens (tertiary/aromatic N) is 1. The molecule has 0 aliphatic carbocycles. The highest BCUT2D eigenvalue weighted by Crippen LogP contribution is 2.10. The highest BCUT2D eigenvalue weighted by Gasteiger charge is 2.22. The minimum Gasteiger partial charge on any atom is -0.395 e. The zero-order chi connectivity index (χ0) is 7.40. The topological polar surface area (TPSA) is 32.7 Å². The normalized spacial score (nSPS) is 22.2. The van der Waals surface area contributed by atoms with Crippen LogP contribution in [-0.4, -0.2) is 49.5 Å². The van der Waals surface area contributed by atoms with E-state index >= 15 is 0 Å². The van der Waals surface area contributed by atoms with E-state index in [4.69, 9.17) is 9.84 Å². The minimum absolute atomic E-state index is 0.216. The number of ether oxygens (including phenoxy) is 1. The average molecular weight is 145 g/mol. The summed E-state index contributed by atoms with van der Waals surface area (Å²) in [5.74, 6) is 0. The van der Waals surface area contributed by atoms with Crippen LogP contribution in [-0.2, 0) is 4.74 Å². The van der Waals surface area contributed by atoms with Crippen molar-refractivity contribution in [3.8, 4) is 0 Å². The Balaban J connectivity index is 2.17. The van der Waals surface area contributed by atoms with Gasteiger partial charge in [-0.2, -0.15) is 0 Å². The summed E-state index contributed by atoms with van der Waals surface area (Å²) in [7, 11) is 1.67. The van der Waals surface area contributed by atoms with Gasteiger partial charge in [-0.25, -0.2) is 0 Å². The van der Waals surface area contributed by atoms with Crippen molar-refractivity contribution >= 4 is 0 Å². The Morgan fingerprint density at radius 2 is 2.30 bits per heavy atom. The molecule has 0 radical (unpaired) electrons. The van der Waals surface area contributed by atoms with Crippen LogP contribution in [0.5, 0.6) is 0 Å². The third-order valence-electron chi connectivity index (χ3n) is 1.98.